The molecule has 3 N–H and O–H groups in total. The fraction of sp³-hybridized carbons (Fsp3) is 0.692. The van der Waals surface area contributed by atoms with Crippen molar-refractivity contribution < 1.29 is 24.5 Å². The largest absolute Gasteiger partial charge is 0.462 e. The van der Waals surface area contributed by atoms with E-state index in [1.54, 1.807) is 0 Å². The molecule has 3 unspecified atom stereocenters. The van der Waals surface area contributed by atoms with E-state index in [2.05, 4.69) is 56.5 Å². The predicted molar refractivity (Wildman–Crippen MR) is 250 cm³/mol. The minimum atomic E-state index is -0.804. The molecule has 0 saturated carbocycles. The van der Waals surface area contributed by atoms with Crippen molar-refractivity contribution in [2.24, 2.45) is 0 Å². The average molecular weight is 808 g/mol. The number of hydrogen-bond acceptors (Lipinski definition) is 5. The zero-order chi connectivity index (χ0) is 42.4. The fourth-order valence-corrected chi connectivity index (χ4v) is 6.75. The van der Waals surface area contributed by atoms with Crippen molar-refractivity contribution in [3.05, 3.63) is 85.1 Å². The number of carbonyl (C=O) groups is 2. The highest BCUT2D eigenvalue weighted by Crippen LogP contribution is 2.16. The van der Waals surface area contributed by atoms with Crippen molar-refractivity contribution >= 4 is 11.9 Å². The summed E-state index contributed by atoms with van der Waals surface area (Å²) in [5.74, 6) is -0.562. The van der Waals surface area contributed by atoms with Gasteiger partial charge in [0.2, 0.25) is 5.91 Å². The summed E-state index contributed by atoms with van der Waals surface area (Å²) in [6.45, 7) is 6.28. The molecule has 0 aromatic rings. The molecule has 0 fully saturated rings. The summed E-state index contributed by atoms with van der Waals surface area (Å²) in [6.07, 6.45) is 57.8. The van der Waals surface area contributed by atoms with Gasteiger partial charge in [-0.25, -0.2) is 0 Å². The maximum Gasteiger partial charge on any atom is 0.306 e. The van der Waals surface area contributed by atoms with Gasteiger partial charge in [0, 0.05) is 6.42 Å². The van der Waals surface area contributed by atoms with Crippen LogP contribution < -0.4 is 5.32 Å². The minimum Gasteiger partial charge on any atom is -0.462 e. The van der Waals surface area contributed by atoms with E-state index in [1.807, 2.05) is 54.7 Å². The van der Waals surface area contributed by atoms with Crippen molar-refractivity contribution in [3.63, 3.8) is 0 Å². The standard InChI is InChI=1S/C52H89NO5/c1-4-7-10-13-16-19-22-23-24-25-26-27-30-33-36-39-42-45-52(57)58-48(43-40-37-34-31-28-20-17-14-11-8-5-2)46-51(56)53-49(47-54)50(55)44-41-38-35-32-29-21-18-15-12-9-6-3/h7,10,13,16,19,22-27,30-31,34,48-50,54-55H,4-6,8-9,11-12,14-15,17-18,20-21,28-29,32-33,35-47H2,1-3H3,(H,53,56)/b10-7-,16-13+,22-19+,24-23-,26-25+,30-27+,34-31-. The summed E-state index contributed by atoms with van der Waals surface area (Å²) in [6, 6.07) is -0.722. The molecule has 1 amide bonds. The highest BCUT2D eigenvalue weighted by molar-refractivity contribution is 5.77. The maximum atomic E-state index is 13.1. The number of nitrogens with one attached hydrogen (secondary N) is 1. The van der Waals surface area contributed by atoms with Gasteiger partial charge in [-0.15, -0.1) is 0 Å². The van der Waals surface area contributed by atoms with Crippen molar-refractivity contribution in [2.45, 2.75) is 225 Å². The van der Waals surface area contributed by atoms with Crippen LogP contribution in [0.1, 0.15) is 207 Å². The molecular weight excluding hydrogens is 719 g/mol. The molecule has 58 heavy (non-hydrogen) atoms. The summed E-state index contributed by atoms with van der Waals surface area (Å²) in [4.78, 5) is 26.0. The Balaban J connectivity index is 4.71. The van der Waals surface area contributed by atoms with Gasteiger partial charge in [0.25, 0.3) is 0 Å². The summed E-state index contributed by atoms with van der Waals surface area (Å²) < 4.78 is 5.87. The van der Waals surface area contributed by atoms with Gasteiger partial charge in [0.1, 0.15) is 6.10 Å². The van der Waals surface area contributed by atoms with Crippen LogP contribution in [0.3, 0.4) is 0 Å². The van der Waals surface area contributed by atoms with Gasteiger partial charge >= 0.3 is 5.97 Å². The molecule has 0 saturated heterocycles. The van der Waals surface area contributed by atoms with Gasteiger partial charge in [-0.3, -0.25) is 9.59 Å². The monoisotopic (exact) mass is 808 g/mol. The van der Waals surface area contributed by atoms with E-state index in [-0.39, 0.29) is 24.9 Å². The third-order valence-electron chi connectivity index (χ3n) is 10.4. The van der Waals surface area contributed by atoms with Crippen LogP contribution in [-0.4, -0.2) is 46.9 Å². The fourth-order valence-electron chi connectivity index (χ4n) is 6.75. The SMILES string of the molecule is CC\C=C/C=C/C=C/C=C\C=C\C=C\CCCCCC(=O)OC(CCC/C=C\CCCCCCCC)CC(=O)NC(CO)C(O)CCCCCCCCCCCCC. The van der Waals surface area contributed by atoms with E-state index in [0.717, 1.165) is 70.6 Å². The van der Waals surface area contributed by atoms with Crippen LogP contribution >= 0.6 is 0 Å². The first-order valence-electron chi connectivity index (χ1n) is 23.9. The molecule has 0 aliphatic carbocycles. The molecule has 0 aliphatic heterocycles. The number of hydrogen-bond donors (Lipinski definition) is 3. The van der Waals surface area contributed by atoms with Crippen LogP contribution in [0, 0.1) is 0 Å². The van der Waals surface area contributed by atoms with Crippen molar-refractivity contribution in [3.8, 4) is 0 Å². The molecule has 0 rings (SSSR count). The molecule has 0 aromatic heterocycles. The number of unbranched alkanes of at least 4 members (excludes halogenated alkanes) is 20. The van der Waals surface area contributed by atoms with Gasteiger partial charge in [-0.1, -0.05) is 215 Å². The van der Waals surface area contributed by atoms with Gasteiger partial charge < -0.3 is 20.3 Å². The van der Waals surface area contributed by atoms with Gasteiger partial charge in [-0.05, 0) is 64.2 Å². The average Bonchev–Trinajstić information content (AvgIpc) is 3.22. The van der Waals surface area contributed by atoms with Gasteiger partial charge in [-0.2, -0.15) is 0 Å². The topological polar surface area (TPSA) is 95.9 Å². The van der Waals surface area contributed by atoms with Crippen LogP contribution in [0.2, 0.25) is 0 Å². The normalized spacial score (nSPS) is 14.1. The lowest BCUT2D eigenvalue weighted by atomic mass is 10.0. The number of esters is 1. The summed E-state index contributed by atoms with van der Waals surface area (Å²) in [7, 11) is 0. The molecule has 6 nitrogen and oxygen atoms in total. The second-order valence-electron chi connectivity index (χ2n) is 15.9. The maximum absolute atomic E-state index is 13.1. The third-order valence-corrected chi connectivity index (χ3v) is 10.4. The molecule has 3 atom stereocenters. The van der Waals surface area contributed by atoms with E-state index >= 15 is 0 Å². The van der Waals surface area contributed by atoms with Crippen LogP contribution in [0.4, 0.5) is 0 Å². The molecule has 0 aromatic carbocycles. The zero-order valence-electron chi connectivity index (χ0n) is 37.6. The number of amides is 1. The molecule has 6 heteroatoms. The quantitative estimate of drug-likeness (QED) is 0.0247. The molecule has 0 bridgehead atoms. The Morgan fingerprint density at radius 2 is 0.966 bits per heavy atom. The number of allylic oxidation sites excluding steroid dienone is 14. The number of carbonyl (C=O) groups excluding carboxylic acids is 2. The molecular formula is C52H89NO5. The summed E-state index contributed by atoms with van der Waals surface area (Å²) >= 11 is 0. The van der Waals surface area contributed by atoms with Crippen molar-refractivity contribution in [1.29, 1.82) is 0 Å². The summed E-state index contributed by atoms with van der Waals surface area (Å²) in [5.41, 5.74) is 0. The van der Waals surface area contributed by atoms with E-state index < -0.39 is 18.2 Å². The molecule has 332 valence electrons. The van der Waals surface area contributed by atoms with Crippen LogP contribution in [0.15, 0.2) is 85.1 Å². The van der Waals surface area contributed by atoms with Crippen LogP contribution in [0.25, 0.3) is 0 Å². The molecule has 0 spiro atoms. The minimum absolute atomic E-state index is 0.0341. The lowest BCUT2D eigenvalue weighted by molar-refractivity contribution is -0.151. The van der Waals surface area contributed by atoms with E-state index in [9.17, 15) is 19.8 Å². The number of aliphatic hydroxyl groups excluding tert-OH is 2. The first kappa shape index (κ1) is 55.0. The predicted octanol–water partition coefficient (Wildman–Crippen LogP) is 14.0. The van der Waals surface area contributed by atoms with E-state index in [1.165, 1.54) is 89.9 Å². The Morgan fingerprint density at radius 1 is 0.517 bits per heavy atom. The lowest BCUT2D eigenvalue weighted by Crippen LogP contribution is -2.46. The smallest absolute Gasteiger partial charge is 0.306 e. The first-order valence-corrected chi connectivity index (χ1v) is 23.9. The van der Waals surface area contributed by atoms with Gasteiger partial charge in [0.15, 0.2) is 0 Å². The van der Waals surface area contributed by atoms with Crippen LogP contribution in [0.5, 0.6) is 0 Å². The van der Waals surface area contributed by atoms with Crippen LogP contribution in [-0.2, 0) is 14.3 Å². The number of aliphatic hydroxyl groups is 2. The number of rotatable bonds is 41. The second kappa shape index (κ2) is 45.1. The zero-order valence-corrected chi connectivity index (χ0v) is 37.6. The van der Waals surface area contributed by atoms with Crippen molar-refractivity contribution in [2.75, 3.05) is 6.61 Å². The highest BCUT2D eigenvalue weighted by Gasteiger charge is 2.24. The first-order chi connectivity index (χ1) is 28.5. The molecule has 0 radical (unpaired) electrons. The molecule has 0 heterocycles. The Morgan fingerprint density at radius 3 is 1.50 bits per heavy atom. The Kier molecular flexibility index (Phi) is 42.8. The number of ether oxygens (including phenoxy) is 1. The van der Waals surface area contributed by atoms with Crippen molar-refractivity contribution in [1.82, 2.24) is 5.32 Å². The summed E-state index contributed by atoms with van der Waals surface area (Å²) in [5, 5.41) is 23.6. The van der Waals surface area contributed by atoms with E-state index in [4.69, 9.17) is 4.74 Å². The Bertz CT molecular complexity index is 1130. The Labute approximate surface area is 357 Å². The third kappa shape index (κ3) is 39.8. The lowest BCUT2D eigenvalue weighted by Gasteiger charge is -2.24. The highest BCUT2D eigenvalue weighted by atomic mass is 16.5. The van der Waals surface area contributed by atoms with Gasteiger partial charge in [0.05, 0.1) is 25.2 Å². The van der Waals surface area contributed by atoms with E-state index in [0.29, 0.717) is 19.3 Å². The second-order valence-corrected chi connectivity index (χ2v) is 15.9. The molecule has 0 aliphatic rings. The Hall–Kier alpha value is -2.96.